The van der Waals surface area contributed by atoms with Crippen LogP contribution >= 0.6 is 15.9 Å². The lowest BCUT2D eigenvalue weighted by atomic mass is 10.1. The first-order valence-electron chi connectivity index (χ1n) is 10.1. The maximum atomic E-state index is 13.0. The molecule has 2 fully saturated rings. The SMILES string of the molecule is Cc1cc(N2CCN(S(=O)(=O)c3ccccc3Br)CC2)nc(N2CCCCC2)n1. The van der Waals surface area contributed by atoms with Crippen molar-refractivity contribution in [3.63, 3.8) is 0 Å². The van der Waals surface area contributed by atoms with Gasteiger partial charge in [0.1, 0.15) is 5.82 Å². The van der Waals surface area contributed by atoms with Gasteiger partial charge >= 0.3 is 0 Å². The lowest BCUT2D eigenvalue weighted by Gasteiger charge is -2.35. The van der Waals surface area contributed by atoms with E-state index in [0.717, 1.165) is 30.5 Å². The molecule has 0 bridgehead atoms. The lowest BCUT2D eigenvalue weighted by molar-refractivity contribution is 0.383. The van der Waals surface area contributed by atoms with Crippen molar-refractivity contribution in [2.45, 2.75) is 31.1 Å². The molecule has 0 N–H and O–H groups in total. The Balaban J connectivity index is 1.48. The van der Waals surface area contributed by atoms with Gasteiger partial charge < -0.3 is 9.80 Å². The van der Waals surface area contributed by atoms with Gasteiger partial charge in [-0.25, -0.2) is 13.4 Å². The Kier molecular flexibility index (Phi) is 6.08. The molecule has 0 saturated carbocycles. The quantitative estimate of drug-likeness (QED) is 0.670. The Hall–Kier alpha value is -1.71. The minimum atomic E-state index is -3.51. The number of hydrogen-bond acceptors (Lipinski definition) is 6. The highest BCUT2D eigenvalue weighted by atomic mass is 79.9. The van der Waals surface area contributed by atoms with E-state index >= 15 is 0 Å². The molecule has 0 unspecified atom stereocenters. The second kappa shape index (κ2) is 8.57. The van der Waals surface area contributed by atoms with E-state index in [9.17, 15) is 8.42 Å². The summed E-state index contributed by atoms with van der Waals surface area (Å²) in [6, 6.07) is 8.96. The molecular formula is C20H26BrN5O2S. The second-order valence-electron chi connectivity index (χ2n) is 7.54. The second-order valence-corrected chi connectivity index (χ2v) is 10.3. The van der Waals surface area contributed by atoms with Crippen LogP contribution in [-0.2, 0) is 10.0 Å². The van der Waals surface area contributed by atoms with Crippen LogP contribution < -0.4 is 9.80 Å². The Morgan fingerprint density at radius 3 is 2.28 bits per heavy atom. The van der Waals surface area contributed by atoms with Gasteiger partial charge in [-0.2, -0.15) is 9.29 Å². The monoisotopic (exact) mass is 479 g/mol. The molecule has 2 aliphatic rings. The summed E-state index contributed by atoms with van der Waals surface area (Å²) in [5, 5.41) is 0. The van der Waals surface area contributed by atoms with Crippen LogP contribution in [-0.4, -0.2) is 62.0 Å². The van der Waals surface area contributed by atoms with Gasteiger partial charge in [0.15, 0.2) is 0 Å². The summed E-state index contributed by atoms with van der Waals surface area (Å²) in [5.74, 6) is 1.68. The van der Waals surface area contributed by atoms with Crippen LogP contribution in [0.15, 0.2) is 39.7 Å². The topological polar surface area (TPSA) is 69.6 Å². The molecule has 29 heavy (non-hydrogen) atoms. The van der Waals surface area contributed by atoms with E-state index in [-0.39, 0.29) is 0 Å². The number of aromatic nitrogens is 2. The van der Waals surface area contributed by atoms with Crippen molar-refractivity contribution in [1.29, 1.82) is 0 Å². The molecule has 0 spiro atoms. The predicted octanol–water partition coefficient (Wildman–Crippen LogP) is 3.05. The van der Waals surface area contributed by atoms with Gasteiger partial charge in [-0.05, 0) is 54.2 Å². The van der Waals surface area contributed by atoms with Crippen molar-refractivity contribution >= 4 is 37.7 Å². The standard InChI is InChI=1S/C20H26BrN5O2S/c1-16-15-19(23-20(22-16)25-9-5-2-6-10-25)24-11-13-26(14-12-24)29(27,28)18-8-4-3-7-17(18)21/h3-4,7-8,15H,2,5-6,9-14H2,1H3. The summed E-state index contributed by atoms with van der Waals surface area (Å²) in [6.45, 7) is 6.09. The minimum absolute atomic E-state index is 0.318. The smallest absolute Gasteiger partial charge is 0.244 e. The van der Waals surface area contributed by atoms with Gasteiger partial charge in [0, 0.05) is 55.5 Å². The molecule has 2 aliphatic heterocycles. The third-order valence-corrected chi connectivity index (χ3v) is 8.40. The molecule has 0 atom stereocenters. The van der Waals surface area contributed by atoms with Gasteiger partial charge in [-0.1, -0.05) is 12.1 Å². The molecule has 9 heteroatoms. The van der Waals surface area contributed by atoms with Crippen LogP contribution in [0.3, 0.4) is 0 Å². The van der Waals surface area contributed by atoms with Crippen molar-refractivity contribution in [2.75, 3.05) is 49.1 Å². The number of hydrogen-bond donors (Lipinski definition) is 0. The third kappa shape index (κ3) is 4.41. The Labute approximate surface area is 180 Å². The van der Waals surface area contributed by atoms with Crippen molar-refractivity contribution in [3.8, 4) is 0 Å². The molecule has 0 aliphatic carbocycles. The van der Waals surface area contributed by atoms with Gasteiger partial charge in [-0.15, -0.1) is 0 Å². The van der Waals surface area contributed by atoms with Crippen LogP contribution in [0.4, 0.5) is 11.8 Å². The zero-order valence-corrected chi connectivity index (χ0v) is 19.0. The van der Waals surface area contributed by atoms with Crippen LogP contribution in [0.25, 0.3) is 0 Å². The van der Waals surface area contributed by atoms with Crippen LogP contribution in [0, 0.1) is 6.92 Å². The molecule has 3 heterocycles. The normalized spacial score (nSPS) is 18.8. The first-order chi connectivity index (χ1) is 13.9. The maximum Gasteiger partial charge on any atom is 0.244 e. The van der Waals surface area contributed by atoms with Gasteiger partial charge in [0.05, 0.1) is 4.90 Å². The number of aryl methyl sites for hydroxylation is 1. The first-order valence-corrected chi connectivity index (χ1v) is 12.3. The van der Waals surface area contributed by atoms with Crippen molar-refractivity contribution in [2.24, 2.45) is 0 Å². The number of piperazine rings is 1. The number of halogens is 1. The molecule has 4 rings (SSSR count). The number of nitrogens with zero attached hydrogens (tertiary/aromatic N) is 5. The highest BCUT2D eigenvalue weighted by Crippen LogP contribution is 2.27. The summed E-state index contributed by atoms with van der Waals surface area (Å²) in [7, 11) is -3.51. The predicted molar refractivity (Wildman–Crippen MR) is 118 cm³/mol. The van der Waals surface area contributed by atoms with Gasteiger partial charge in [0.2, 0.25) is 16.0 Å². The molecule has 1 aromatic heterocycles. The van der Waals surface area contributed by atoms with Crippen LogP contribution in [0.5, 0.6) is 0 Å². The van der Waals surface area contributed by atoms with Crippen molar-refractivity contribution in [1.82, 2.24) is 14.3 Å². The average Bonchev–Trinajstić information content (AvgIpc) is 2.74. The summed E-state index contributed by atoms with van der Waals surface area (Å²) in [6.07, 6.45) is 3.62. The van der Waals surface area contributed by atoms with Gasteiger partial charge in [0.25, 0.3) is 0 Å². The Bertz CT molecular complexity index is 971. The molecule has 7 nitrogen and oxygen atoms in total. The van der Waals surface area contributed by atoms with E-state index in [0.29, 0.717) is 35.5 Å². The van der Waals surface area contributed by atoms with E-state index in [1.54, 1.807) is 22.5 Å². The number of piperidine rings is 1. The largest absolute Gasteiger partial charge is 0.354 e. The molecule has 1 aromatic carbocycles. The summed E-state index contributed by atoms with van der Waals surface area (Å²) < 4.78 is 28.2. The van der Waals surface area contributed by atoms with Crippen molar-refractivity contribution in [3.05, 3.63) is 40.5 Å². The lowest BCUT2D eigenvalue weighted by Crippen LogP contribution is -2.49. The average molecular weight is 480 g/mol. The first kappa shape index (κ1) is 20.6. The minimum Gasteiger partial charge on any atom is -0.354 e. The fourth-order valence-corrected chi connectivity index (χ4v) is 6.27. The zero-order valence-electron chi connectivity index (χ0n) is 16.6. The summed E-state index contributed by atoms with van der Waals surface area (Å²) >= 11 is 3.36. The Morgan fingerprint density at radius 1 is 0.897 bits per heavy atom. The molecule has 2 saturated heterocycles. The molecule has 2 aromatic rings. The molecule has 156 valence electrons. The van der Waals surface area contributed by atoms with Gasteiger partial charge in [-0.3, -0.25) is 0 Å². The van der Waals surface area contributed by atoms with Crippen LogP contribution in [0.2, 0.25) is 0 Å². The molecule has 0 radical (unpaired) electrons. The van der Waals surface area contributed by atoms with E-state index in [2.05, 4.69) is 30.7 Å². The van der Waals surface area contributed by atoms with E-state index < -0.39 is 10.0 Å². The number of sulfonamides is 1. The highest BCUT2D eigenvalue weighted by Gasteiger charge is 2.30. The number of rotatable bonds is 4. The number of benzene rings is 1. The zero-order chi connectivity index (χ0) is 20.4. The van der Waals surface area contributed by atoms with Crippen LogP contribution in [0.1, 0.15) is 25.0 Å². The third-order valence-electron chi connectivity index (χ3n) is 5.48. The summed E-state index contributed by atoms with van der Waals surface area (Å²) in [4.78, 5) is 14.2. The number of anilines is 2. The van der Waals surface area contributed by atoms with E-state index in [1.807, 2.05) is 19.1 Å². The Morgan fingerprint density at radius 2 is 1.59 bits per heavy atom. The van der Waals surface area contributed by atoms with Crippen molar-refractivity contribution < 1.29 is 8.42 Å². The maximum absolute atomic E-state index is 13.0. The summed E-state index contributed by atoms with van der Waals surface area (Å²) in [5.41, 5.74) is 0.943. The molecular weight excluding hydrogens is 454 g/mol. The fraction of sp³-hybridized carbons (Fsp3) is 0.500. The molecule has 0 amide bonds. The van der Waals surface area contributed by atoms with E-state index in [1.165, 1.54) is 19.3 Å². The van der Waals surface area contributed by atoms with E-state index in [4.69, 9.17) is 4.98 Å². The fourth-order valence-electron chi connectivity index (χ4n) is 3.88. The highest BCUT2D eigenvalue weighted by molar-refractivity contribution is 9.10.